The first-order chi connectivity index (χ1) is 25.0. The van der Waals surface area contributed by atoms with E-state index in [1.807, 2.05) is 18.2 Å². The smallest absolute Gasteiger partial charge is 0.286 e. The number of fused-ring (bicyclic) bond motifs is 4. The van der Waals surface area contributed by atoms with Gasteiger partial charge in [0.1, 0.15) is 21.2 Å². The van der Waals surface area contributed by atoms with Gasteiger partial charge in [-0.25, -0.2) is 4.21 Å². The number of nitrogens with zero attached hydrogens (tertiary/aromatic N) is 4. The number of methoxy groups -OCH3 is 3. The molecule has 12 nitrogen and oxygen atoms in total. The Bertz CT molecular complexity index is 2010. The number of hydrogen-bond donors (Lipinski definition) is 1. The third kappa shape index (κ3) is 7.20. The quantitative estimate of drug-likeness (QED) is 0.335. The van der Waals surface area contributed by atoms with Crippen molar-refractivity contribution in [1.82, 2.24) is 14.5 Å². The van der Waals surface area contributed by atoms with Crippen LogP contribution in [0.2, 0.25) is 5.02 Å². The van der Waals surface area contributed by atoms with Crippen molar-refractivity contribution in [2.45, 2.75) is 56.1 Å². The molecule has 1 spiro atoms. The zero-order chi connectivity index (χ0) is 36.6. The molecule has 4 aliphatic rings. The van der Waals surface area contributed by atoms with Gasteiger partial charge in [0.15, 0.2) is 0 Å². The van der Waals surface area contributed by atoms with Crippen LogP contribution in [-0.2, 0) is 38.3 Å². The molecule has 52 heavy (non-hydrogen) atoms. The minimum atomic E-state index is -3.67. The molecular formula is C38H46ClN5O7S. The second kappa shape index (κ2) is 14.8. The van der Waals surface area contributed by atoms with E-state index in [1.165, 1.54) is 29.1 Å². The van der Waals surface area contributed by atoms with Crippen LogP contribution in [-0.4, -0.2) is 84.8 Å². The second-order valence-corrected chi connectivity index (χ2v) is 16.8. The van der Waals surface area contributed by atoms with E-state index < -0.39 is 27.8 Å². The van der Waals surface area contributed by atoms with E-state index in [9.17, 15) is 13.8 Å². The molecule has 2 aliphatic carbocycles. The van der Waals surface area contributed by atoms with Crippen LogP contribution in [0.15, 0.2) is 59.1 Å². The molecule has 14 heteroatoms. The lowest BCUT2D eigenvalue weighted by atomic mass is 9.68. The van der Waals surface area contributed by atoms with Crippen LogP contribution in [0.1, 0.15) is 63.9 Å². The van der Waals surface area contributed by atoms with Crippen LogP contribution >= 0.6 is 11.6 Å². The molecule has 1 saturated carbocycles. The number of hydrogen-bond acceptors (Lipinski definition) is 9. The van der Waals surface area contributed by atoms with Gasteiger partial charge in [-0.3, -0.25) is 19.0 Å². The highest BCUT2D eigenvalue weighted by Gasteiger charge is 2.44. The summed E-state index contributed by atoms with van der Waals surface area (Å²) < 4.78 is 46.5. The summed E-state index contributed by atoms with van der Waals surface area (Å²) in [4.78, 5) is 29.9. The van der Waals surface area contributed by atoms with Crippen molar-refractivity contribution in [3.8, 4) is 11.6 Å². The van der Waals surface area contributed by atoms with Gasteiger partial charge in [-0.2, -0.15) is 0 Å². The molecule has 3 aromatic rings. The number of anilines is 1. The van der Waals surface area contributed by atoms with E-state index in [1.54, 1.807) is 39.5 Å². The predicted molar refractivity (Wildman–Crippen MR) is 199 cm³/mol. The van der Waals surface area contributed by atoms with Crippen LogP contribution in [0.25, 0.3) is 0 Å². The highest BCUT2D eigenvalue weighted by molar-refractivity contribution is 7.92. The van der Waals surface area contributed by atoms with Gasteiger partial charge >= 0.3 is 0 Å². The van der Waals surface area contributed by atoms with Crippen LogP contribution < -0.4 is 19.1 Å². The number of halogens is 1. The molecule has 2 aliphatic heterocycles. The zero-order valence-electron chi connectivity index (χ0n) is 30.0. The number of rotatable bonds is 5. The Balaban J connectivity index is 1.31. The number of carbonyl (C=O) groups is 2. The first kappa shape index (κ1) is 36.4. The monoisotopic (exact) mass is 751 g/mol. The number of nitrogens with one attached hydrogen (secondary N) is 1. The maximum Gasteiger partial charge on any atom is 0.286 e. The van der Waals surface area contributed by atoms with Crippen molar-refractivity contribution in [2.24, 2.45) is 23.2 Å². The number of aryl methyl sites for hydroxylation is 2. The van der Waals surface area contributed by atoms with Crippen LogP contribution in [0.5, 0.6) is 11.6 Å². The summed E-state index contributed by atoms with van der Waals surface area (Å²) in [6.07, 6.45) is 10.0. The number of ether oxygens (including phenoxy) is 4. The summed E-state index contributed by atoms with van der Waals surface area (Å²) in [7, 11) is 2.67. The minimum absolute atomic E-state index is 0.0624. The second-order valence-electron chi connectivity index (χ2n) is 14.3. The van der Waals surface area contributed by atoms with Crippen molar-refractivity contribution >= 4 is 39.0 Å². The van der Waals surface area contributed by atoms with Gasteiger partial charge in [0.25, 0.3) is 11.8 Å². The zero-order valence-corrected chi connectivity index (χ0v) is 31.6. The third-order valence-corrected chi connectivity index (χ3v) is 13.1. The average Bonchev–Trinajstić information content (AvgIpc) is 3.44. The van der Waals surface area contributed by atoms with E-state index >= 15 is 0 Å². The van der Waals surface area contributed by atoms with Gasteiger partial charge in [-0.1, -0.05) is 29.8 Å². The molecule has 0 radical (unpaired) electrons. The van der Waals surface area contributed by atoms with Crippen molar-refractivity contribution in [1.29, 1.82) is 0 Å². The minimum Gasteiger partial charge on any atom is -0.490 e. The molecular weight excluding hydrogens is 706 g/mol. The lowest BCUT2D eigenvalue weighted by molar-refractivity contribution is 0.0124. The van der Waals surface area contributed by atoms with Crippen molar-refractivity contribution in [3.05, 3.63) is 82.0 Å². The number of amides is 2. The summed E-state index contributed by atoms with van der Waals surface area (Å²) in [5.74, 6) is -0.233. The Labute approximate surface area is 310 Å². The van der Waals surface area contributed by atoms with Gasteiger partial charge < -0.3 is 23.8 Å². The molecule has 3 heterocycles. The average molecular weight is 752 g/mol. The van der Waals surface area contributed by atoms with Crippen molar-refractivity contribution < 1.29 is 32.7 Å². The molecule has 7 rings (SSSR count). The standard InChI is InChI=1S/C38H46ClN5O7S/c1-43-21-30(37(40-43)50-4)36(46)42-52(47)17-15-28(48-2)10-14-33(49-3)29-11-7-26(29)20-44-22-38(16-5-6-24-18-27(39)9-12-31(24)38)23-51-34-13-8-25(19-32(34)44)35(45)41-52/h8-10,12-14,18-19,21,26,28-29,33H,5-7,11,15-17,20,22-23H2,1-4H3,(H,41,42,45,46,47)/b14-10+/t26-,28-,29+,33-,38-,52?/m0/s1. The molecule has 1 fully saturated rings. The Hall–Kier alpha value is -3.91. The van der Waals surface area contributed by atoms with Gasteiger partial charge in [-0.15, -0.1) is 9.46 Å². The van der Waals surface area contributed by atoms with E-state index in [4.69, 9.17) is 30.5 Å². The van der Waals surface area contributed by atoms with Gasteiger partial charge in [-0.05, 0) is 91.8 Å². The van der Waals surface area contributed by atoms with Crippen LogP contribution in [0.3, 0.4) is 0 Å². The fourth-order valence-corrected chi connectivity index (χ4v) is 10.0. The van der Waals surface area contributed by atoms with E-state index in [0.717, 1.165) is 49.4 Å². The Morgan fingerprint density at radius 1 is 1.10 bits per heavy atom. The van der Waals surface area contributed by atoms with Crippen LogP contribution in [0.4, 0.5) is 5.69 Å². The molecule has 2 amide bonds. The summed E-state index contributed by atoms with van der Waals surface area (Å²) in [5.41, 5.74) is 3.32. The summed E-state index contributed by atoms with van der Waals surface area (Å²) in [6, 6.07) is 11.4. The summed E-state index contributed by atoms with van der Waals surface area (Å²) in [5, 5.41) is 4.86. The Kier molecular flexibility index (Phi) is 10.4. The van der Waals surface area contributed by atoms with E-state index in [2.05, 4.69) is 31.2 Å². The molecule has 1 unspecified atom stereocenters. The van der Waals surface area contributed by atoms with Gasteiger partial charge in [0.2, 0.25) is 5.88 Å². The molecule has 0 saturated heterocycles. The molecule has 2 aromatic carbocycles. The lowest BCUT2D eigenvalue weighted by Crippen LogP contribution is -2.49. The predicted octanol–water partition coefficient (Wildman–Crippen LogP) is 5.52. The molecule has 6 atom stereocenters. The summed E-state index contributed by atoms with van der Waals surface area (Å²) >= 11 is 6.46. The highest BCUT2D eigenvalue weighted by atomic mass is 35.5. The lowest BCUT2D eigenvalue weighted by Gasteiger charge is -2.46. The maximum absolute atomic E-state index is 14.6. The highest BCUT2D eigenvalue weighted by Crippen LogP contribution is 2.47. The molecule has 1 N–H and O–H groups in total. The SMILES string of the molecule is COc1nn(C)cc1C(=O)NS1(=O)=NC(=O)c2ccc3c(c2)N(C[C@@H]2CC[C@H]2[C@@H](OC)/C=C/[C@H](OC)CC1)C[C@@]1(CCCc2cc(Cl)ccc21)CO3. The fourth-order valence-electron chi connectivity index (χ4n) is 8.26. The molecule has 278 valence electrons. The normalized spacial score (nSPS) is 29.4. The third-order valence-electron chi connectivity index (χ3n) is 11.1. The van der Waals surface area contributed by atoms with Crippen molar-refractivity contribution in [2.75, 3.05) is 51.7 Å². The largest absolute Gasteiger partial charge is 0.490 e. The van der Waals surface area contributed by atoms with Gasteiger partial charge in [0, 0.05) is 56.6 Å². The Morgan fingerprint density at radius 2 is 1.94 bits per heavy atom. The Morgan fingerprint density at radius 3 is 2.69 bits per heavy atom. The fraction of sp³-hybridized carbons (Fsp3) is 0.500. The van der Waals surface area contributed by atoms with Crippen molar-refractivity contribution in [3.63, 3.8) is 0 Å². The van der Waals surface area contributed by atoms with Crippen LogP contribution in [0, 0.1) is 11.8 Å². The number of carbonyl (C=O) groups excluding carboxylic acids is 2. The number of aromatic nitrogens is 2. The summed E-state index contributed by atoms with van der Waals surface area (Å²) in [6.45, 7) is 1.91. The molecule has 1 aromatic heterocycles. The first-order valence-electron chi connectivity index (χ1n) is 17.8. The maximum atomic E-state index is 14.6. The topological polar surface area (TPSA) is 134 Å². The molecule has 2 bridgehead atoms. The first-order valence-corrected chi connectivity index (χ1v) is 19.8. The van der Waals surface area contributed by atoms with Gasteiger partial charge in [0.05, 0.1) is 37.4 Å². The van der Waals surface area contributed by atoms with E-state index in [-0.39, 0.29) is 46.6 Å². The van der Waals surface area contributed by atoms with E-state index in [0.29, 0.717) is 24.8 Å². The number of benzene rings is 2.